The summed E-state index contributed by atoms with van der Waals surface area (Å²) in [6.07, 6.45) is 0.780. The van der Waals surface area contributed by atoms with Crippen LogP contribution in [0.4, 0.5) is 20.7 Å². The first-order chi connectivity index (χ1) is 16.9. The van der Waals surface area contributed by atoms with Gasteiger partial charge in [0.15, 0.2) is 5.82 Å². The van der Waals surface area contributed by atoms with Crippen molar-refractivity contribution in [3.8, 4) is 22.9 Å². The predicted octanol–water partition coefficient (Wildman–Crippen LogP) is 4.52. The van der Waals surface area contributed by atoms with Gasteiger partial charge in [-0.25, -0.2) is 19.2 Å². The van der Waals surface area contributed by atoms with Crippen molar-refractivity contribution in [1.29, 1.82) is 0 Å². The Bertz CT molecular complexity index is 1210. The number of rotatable bonds is 6. The van der Waals surface area contributed by atoms with Gasteiger partial charge < -0.3 is 24.6 Å². The number of methoxy groups -OCH3 is 2. The van der Waals surface area contributed by atoms with Gasteiger partial charge in [0.05, 0.1) is 19.9 Å². The summed E-state index contributed by atoms with van der Waals surface area (Å²) in [6.45, 7) is 6.35. The van der Waals surface area contributed by atoms with E-state index in [0.29, 0.717) is 54.8 Å². The quantitative estimate of drug-likeness (QED) is 0.560. The first-order valence-corrected chi connectivity index (χ1v) is 11.6. The number of ether oxygens (including phenoxy) is 2. The van der Waals surface area contributed by atoms with Crippen molar-refractivity contribution in [1.82, 2.24) is 14.9 Å². The van der Waals surface area contributed by atoms with Gasteiger partial charge in [-0.05, 0) is 37.6 Å². The molecule has 2 heterocycles. The number of aromatic nitrogens is 2. The number of halogens is 1. The Morgan fingerprint density at radius 1 is 1.06 bits per heavy atom. The molecular weight excluding hydrogens is 449 g/mol. The Balaban J connectivity index is 1.49. The molecule has 35 heavy (non-hydrogen) atoms. The maximum absolute atomic E-state index is 13.8. The highest BCUT2D eigenvalue weighted by Crippen LogP contribution is 2.30. The molecule has 0 spiro atoms. The highest BCUT2D eigenvalue weighted by Gasteiger charge is 2.25. The average Bonchev–Trinajstić information content (AvgIpc) is 2.88. The Kier molecular flexibility index (Phi) is 7.33. The lowest BCUT2D eigenvalue weighted by Gasteiger charge is -2.36. The minimum atomic E-state index is -0.321. The van der Waals surface area contributed by atoms with Crippen molar-refractivity contribution in [2.75, 3.05) is 50.6 Å². The number of nitrogens with zero attached hydrogens (tertiary/aromatic N) is 4. The normalized spacial score (nSPS) is 13.5. The zero-order valence-electron chi connectivity index (χ0n) is 20.5. The Hall–Kier alpha value is -3.88. The number of piperazine rings is 1. The summed E-state index contributed by atoms with van der Waals surface area (Å²) in [6, 6.07) is 11.4. The van der Waals surface area contributed by atoms with Crippen LogP contribution in [0, 0.1) is 12.7 Å². The van der Waals surface area contributed by atoms with E-state index in [4.69, 9.17) is 14.5 Å². The highest BCUT2D eigenvalue weighted by atomic mass is 19.1. The highest BCUT2D eigenvalue weighted by molar-refractivity contribution is 5.91. The van der Waals surface area contributed by atoms with Gasteiger partial charge in [-0.3, -0.25) is 0 Å². The summed E-state index contributed by atoms with van der Waals surface area (Å²) in [5.74, 6) is 2.21. The van der Waals surface area contributed by atoms with Gasteiger partial charge in [0.25, 0.3) is 0 Å². The molecule has 0 atom stereocenters. The van der Waals surface area contributed by atoms with Gasteiger partial charge in [-0.15, -0.1) is 0 Å². The van der Waals surface area contributed by atoms with E-state index in [0.717, 1.165) is 23.5 Å². The largest absolute Gasteiger partial charge is 0.497 e. The fourth-order valence-electron chi connectivity index (χ4n) is 4.23. The van der Waals surface area contributed by atoms with Crippen LogP contribution in [-0.2, 0) is 6.42 Å². The molecule has 8 nitrogen and oxygen atoms in total. The SMILES string of the molecule is CCc1c(C)nc(-c2cccc(F)c2)nc1N1CCN(C(=O)Nc2ccc(OC)cc2OC)CC1. The number of nitrogens with one attached hydrogen (secondary N) is 1. The zero-order valence-corrected chi connectivity index (χ0v) is 20.5. The number of aryl methyl sites for hydroxylation is 1. The number of urea groups is 1. The van der Waals surface area contributed by atoms with E-state index in [-0.39, 0.29) is 11.8 Å². The van der Waals surface area contributed by atoms with Crippen LogP contribution in [-0.4, -0.2) is 61.3 Å². The van der Waals surface area contributed by atoms with Crippen LogP contribution in [0.5, 0.6) is 11.5 Å². The average molecular weight is 480 g/mol. The lowest BCUT2D eigenvalue weighted by molar-refractivity contribution is 0.208. The molecule has 1 aromatic heterocycles. The standard InChI is InChI=1S/C26H30FN5O3/c1-5-21-17(2)28-24(18-7-6-8-19(27)15-18)30-25(21)31-11-13-32(14-12-31)26(33)29-22-10-9-20(34-3)16-23(22)35-4/h6-10,15-16H,5,11-14H2,1-4H3,(H,29,33). The maximum atomic E-state index is 13.8. The minimum Gasteiger partial charge on any atom is -0.497 e. The minimum absolute atomic E-state index is 0.192. The fraction of sp³-hybridized carbons (Fsp3) is 0.346. The number of hydrogen-bond donors (Lipinski definition) is 1. The van der Waals surface area contributed by atoms with Crippen LogP contribution in [0.25, 0.3) is 11.4 Å². The van der Waals surface area contributed by atoms with Crippen molar-refractivity contribution < 1.29 is 18.7 Å². The van der Waals surface area contributed by atoms with Crippen molar-refractivity contribution in [3.63, 3.8) is 0 Å². The van der Waals surface area contributed by atoms with Crippen molar-refractivity contribution in [2.24, 2.45) is 0 Å². The van der Waals surface area contributed by atoms with Crippen LogP contribution in [0.15, 0.2) is 42.5 Å². The van der Waals surface area contributed by atoms with Gasteiger partial charge in [-0.2, -0.15) is 0 Å². The van der Waals surface area contributed by atoms with Crippen LogP contribution in [0.3, 0.4) is 0 Å². The van der Waals surface area contributed by atoms with Crippen molar-refractivity contribution >= 4 is 17.5 Å². The number of hydrogen-bond acceptors (Lipinski definition) is 6. The van der Waals surface area contributed by atoms with E-state index >= 15 is 0 Å². The first kappa shape index (κ1) is 24.3. The molecule has 0 saturated carbocycles. The summed E-state index contributed by atoms with van der Waals surface area (Å²) >= 11 is 0. The van der Waals surface area contributed by atoms with Crippen molar-refractivity contribution in [2.45, 2.75) is 20.3 Å². The lowest BCUT2D eigenvalue weighted by Crippen LogP contribution is -2.50. The maximum Gasteiger partial charge on any atom is 0.322 e. The molecule has 1 N–H and O–H groups in total. The topological polar surface area (TPSA) is 79.8 Å². The monoisotopic (exact) mass is 479 g/mol. The van der Waals surface area contributed by atoms with Crippen LogP contribution < -0.4 is 19.7 Å². The number of carbonyl (C=O) groups excluding carboxylic acids is 1. The Morgan fingerprint density at radius 2 is 1.83 bits per heavy atom. The molecule has 0 unspecified atom stereocenters. The fourth-order valence-corrected chi connectivity index (χ4v) is 4.23. The molecule has 1 aliphatic rings. The number of amides is 2. The number of benzene rings is 2. The predicted molar refractivity (Wildman–Crippen MR) is 134 cm³/mol. The Labute approximate surface area is 204 Å². The first-order valence-electron chi connectivity index (χ1n) is 11.6. The third-order valence-corrected chi connectivity index (χ3v) is 6.15. The number of anilines is 2. The molecule has 4 rings (SSSR count). The lowest BCUT2D eigenvalue weighted by atomic mass is 10.1. The molecule has 0 radical (unpaired) electrons. The molecule has 184 valence electrons. The second-order valence-corrected chi connectivity index (χ2v) is 8.27. The summed E-state index contributed by atoms with van der Waals surface area (Å²) in [5, 5.41) is 2.93. The van der Waals surface area contributed by atoms with E-state index in [2.05, 4.69) is 22.1 Å². The summed E-state index contributed by atoms with van der Waals surface area (Å²) < 4.78 is 24.4. The van der Waals surface area contributed by atoms with E-state index < -0.39 is 0 Å². The van der Waals surface area contributed by atoms with Gasteiger partial charge >= 0.3 is 6.03 Å². The molecule has 1 fully saturated rings. The molecule has 0 bridgehead atoms. The van der Waals surface area contributed by atoms with Gasteiger partial charge in [0, 0.05) is 49.1 Å². The van der Waals surface area contributed by atoms with E-state index in [1.165, 1.54) is 12.1 Å². The zero-order chi connectivity index (χ0) is 24.9. The molecule has 1 saturated heterocycles. The van der Waals surface area contributed by atoms with Gasteiger partial charge in [0.2, 0.25) is 0 Å². The molecule has 0 aliphatic carbocycles. The van der Waals surface area contributed by atoms with E-state index in [1.54, 1.807) is 43.4 Å². The van der Waals surface area contributed by atoms with Crippen LogP contribution >= 0.6 is 0 Å². The number of carbonyl (C=O) groups is 1. The molecule has 9 heteroatoms. The molecule has 3 aromatic rings. The summed E-state index contributed by atoms with van der Waals surface area (Å²) in [7, 11) is 3.13. The molecular formula is C26H30FN5O3. The summed E-state index contributed by atoms with van der Waals surface area (Å²) in [4.78, 5) is 26.3. The second kappa shape index (κ2) is 10.6. The van der Waals surface area contributed by atoms with E-state index in [9.17, 15) is 9.18 Å². The van der Waals surface area contributed by atoms with E-state index in [1.807, 2.05) is 13.0 Å². The third kappa shape index (κ3) is 5.29. The molecule has 2 amide bonds. The van der Waals surface area contributed by atoms with Gasteiger partial charge in [-0.1, -0.05) is 19.1 Å². The molecule has 1 aliphatic heterocycles. The van der Waals surface area contributed by atoms with Crippen molar-refractivity contribution in [3.05, 3.63) is 59.5 Å². The summed E-state index contributed by atoms with van der Waals surface area (Å²) in [5.41, 5.74) is 3.16. The van der Waals surface area contributed by atoms with Crippen LogP contribution in [0.1, 0.15) is 18.2 Å². The van der Waals surface area contributed by atoms with Crippen LogP contribution in [0.2, 0.25) is 0 Å². The van der Waals surface area contributed by atoms with Gasteiger partial charge in [0.1, 0.15) is 23.1 Å². The Morgan fingerprint density at radius 3 is 2.49 bits per heavy atom. The smallest absolute Gasteiger partial charge is 0.322 e. The molecule has 2 aromatic carbocycles. The third-order valence-electron chi connectivity index (χ3n) is 6.15. The second-order valence-electron chi connectivity index (χ2n) is 8.27.